The second-order valence-corrected chi connectivity index (χ2v) is 7.53. The fraction of sp³-hybridized carbons (Fsp3) is 0.105. The minimum atomic E-state index is -0.466. The molecule has 4 aromatic rings. The van der Waals surface area contributed by atoms with Gasteiger partial charge in [-0.2, -0.15) is 0 Å². The Hall–Kier alpha value is -3.17. The molecular weight excluding hydrogens is 398 g/mol. The van der Waals surface area contributed by atoms with Gasteiger partial charge in [0.25, 0.3) is 11.5 Å². The van der Waals surface area contributed by atoms with Crippen molar-refractivity contribution in [2.24, 2.45) is 0 Å². The summed E-state index contributed by atoms with van der Waals surface area (Å²) in [6.07, 6.45) is 1.31. The summed E-state index contributed by atoms with van der Waals surface area (Å²) in [4.78, 5) is 31.0. The number of nitrogens with one attached hydrogen (secondary N) is 1. The normalized spacial score (nSPS) is 10.8. The van der Waals surface area contributed by atoms with Gasteiger partial charge < -0.3 is 9.47 Å². The molecular formula is C19H15N3O4S2. The summed E-state index contributed by atoms with van der Waals surface area (Å²) in [6.45, 7) is -0.238. The SMILES string of the molecule is COc1ccc(OCC(=O)Nn2cnc3scc(-c4cccs4)c3c2=O)cc1. The van der Waals surface area contributed by atoms with Crippen molar-refractivity contribution in [3.8, 4) is 21.9 Å². The first kappa shape index (κ1) is 18.2. The van der Waals surface area contributed by atoms with Gasteiger partial charge in [-0.1, -0.05) is 6.07 Å². The lowest BCUT2D eigenvalue weighted by Crippen LogP contribution is -2.35. The molecule has 0 atom stereocenters. The van der Waals surface area contributed by atoms with Gasteiger partial charge in [0.1, 0.15) is 22.7 Å². The van der Waals surface area contributed by atoms with Crippen molar-refractivity contribution < 1.29 is 14.3 Å². The number of carbonyl (C=O) groups is 1. The van der Waals surface area contributed by atoms with E-state index in [0.29, 0.717) is 21.7 Å². The zero-order chi connectivity index (χ0) is 19.5. The summed E-state index contributed by atoms with van der Waals surface area (Å²) in [7, 11) is 1.57. The molecule has 4 rings (SSSR count). The van der Waals surface area contributed by atoms with Crippen LogP contribution < -0.4 is 20.5 Å². The molecule has 0 fully saturated rings. The van der Waals surface area contributed by atoms with Crippen LogP contribution in [-0.2, 0) is 4.79 Å². The van der Waals surface area contributed by atoms with E-state index in [2.05, 4.69) is 10.4 Å². The Morgan fingerprint density at radius 2 is 1.96 bits per heavy atom. The Kier molecular flexibility index (Phi) is 5.09. The smallest absolute Gasteiger partial charge is 0.281 e. The third-order valence-corrected chi connectivity index (χ3v) is 5.75. The van der Waals surface area contributed by atoms with Crippen molar-refractivity contribution in [3.05, 3.63) is 63.8 Å². The predicted octanol–water partition coefficient (Wildman–Crippen LogP) is 3.34. The first-order chi connectivity index (χ1) is 13.7. The molecule has 0 aliphatic carbocycles. The standard InChI is InChI=1S/C19H15N3O4S2/c1-25-12-4-6-13(7-5-12)26-9-16(23)21-22-11-20-18-17(19(22)24)14(10-28-18)15-3-2-8-27-15/h2-8,10-11H,9H2,1H3,(H,21,23). The molecule has 7 nitrogen and oxygen atoms in total. The molecule has 0 saturated heterocycles. The number of thiophene rings is 2. The molecule has 9 heteroatoms. The summed E-state index contributed by atoms with van der Waals surface area (Å²) in [5, 5.41) is 4.35. The van der Waals surface area contributed by atoms with E-state index in [1.54, 1.807) is 42.7 Å². The molecule has 1 amide bonds. The Morgan fingerprint density at radius 3 is 2.68 bits per heavy atom. The highest BCUT2D eigenvalue weighted by Gasteiger charge is 2.15. The van der Waals surface area contributed by atoms with Gasteiger partial charge in [0, 0.05) is 15.8 Å². The van der Waals surface area contributed by atoms with E-state index in [9.17, 15) is 9.59 Å². The van der Waals surface area contributed by atoms with Crippen molar-refractivity contribution in [2.45, 2.75) is 0 Å². The van der Waals surface area contributed by atoms with Crippen LogP contribution >= 0.6 is 22.7 Å². The van der Waals surface area contributed by atoms with E-state index in [-0.39, 0.29) is 12.2 Å². The third kappa shape index (κ3) is 3.62. The minimum absolute atomic E-state index is 0.238. The third-order valence-electron chi connectivity index (χ3n) is 3.96. The number of ether oxygens (including phenoxy) is 2. The average Bonchev–Trinajstić information content (AvgIpc) is 3.38. The second-order valence-electron chi connectivity index (χ2n) is 5.73. The van der Waals surface area contributed by atoms with Gasteiger partial charge in [-0.15, -0.1) is 22.7 Å². The molecule has 0 radical (unpaired) electrons. The van der Waals surface area contributed by atoms with Crippen molar-refractivity contribution in [2.75, 3.05) is 19.1 Å². The maximum absolute atomic E-state index is 12.9. The van der Waals surface area contributed by atoms with Crippen molar-refractivity contribution in [1.29, 1.82) is 0 Å². The van der Waals surface area contributed by atoms with Gasteiger partial charge in [0.15, 0.2) is 6.61 Å². The first-order valence-electron chi connectivity index (χ1n) is 8.25. The topological polar surface area (TPSA) is 82.4 Å². The van der Waals surface area contributed by atoms with Crippen LogP contribution in [0, 0.1) is 0 Å². The van der Waals surface area contributed by atoms with Crippen LogP contribution in [0.15, 0.2) is 58.3 Å². The van der Waals surface area contributed by atoms with Crippen LogP contribution in [0.2, 0.25) is 0 Å². The summed E-state index contributed by atoms with van der Waals surface area (Å²) in [6, 6.07) is 10.7. The molecule has 3 aromatic heterocycles. The van der Waals surface area contributed by atoms with Crippen LogP contribution in [0.25, 0.3) is 20.7 Å². The van der Waals surface area contributed by atoms with Crippen LogP contribution in [-0.4, -0.2) is 29.3 Å². The molecule has 0 saturated carbocycles. The van der Waals surface area contributed by atoms with E-state index < -0.39 is 5.91 Å². The lowest BCUT2D eigenvalue weighted by atomic mass is 10.2. The Morgan fingerprint density at radius 1 is 1.18 bits per heavy atom. The Bertz CT molecular complexity index is 1160. The highest BCUT2D eigenvalue weighted by Crippen LogP contribution is 2.33. The monoisotopic (exact) mass is 413 g/mol. The number of methoxy groups -OCH3 is 1. The number of aromatic nitrogens is 2. The number of benzene rings is 1. The van der Waals surface area contributed by atoms with E-state index in [0.717, 1.165) is 15.1 Å². The zero-order valence-corrected chi connectivity index (χ0v) is 16.4. The van der Waals surface area contributed by atoms with Gasteiger partial charge >= 0.3 is 0 Å². The van der Waals surface area contributed by atoms with Crippen LogP contribution in [0.1, 0.15) is 0 Å². The van der Waals surface area contributed by atoms with Gasteiger partial charge in [-0.3, -0.25) is 15.0 Å². The molecule has 1 aromatic carbocycles. The number of hydrogen-bond acceptors (Lipinski definition) is 7. The predicted molar refractivity (Wildman–Crippen MR) is 110 cm³/mol. The first-order valence-corrected chi connectivity index (χ1v) is 10.0. The highest BCUT2D eigenvalue weighted by atomic mass is 32.1. The van der Waals surface area contributed by atoms with E-state index >= 15 is 0 Å². The van der Waals surface area contributed by atoms with E-state index in [4.69, 9.17) is 9.47 Å². The molecule has 0 spiro atoms. The lowest BCUT2D eigenvalue weighted by Gasteiger charge is -2.09. The van der Waals surface area contributed by atoms with Crippen molar-refractivity contribution in [3.63, 3.8) is 0 Å². The number of amides is 1. The molecule has 0 bridgehead atoms. The summed E-state index contributed by atoms with van der Waals surface area (Å²) < 4.78 is 11.6. The minimum Gasteiger partial charge on any atom is -0.497 e. The zero-order valence-electron chi connectivity index (χ0n) is 14.7. The summed E-state index contributed by atoms with van der Waals surface area (Å²) in [5.41, 5.74) is 3.02. The second kappa shape index (κ2) is 7.83. The van der Waals surface area contributed by atoms with Crippen LogP contribution in [0.5, 0.6) is 11.5 Å². The molecule has 0 aliphatic heterocycles. The van der Waals surface area contributed by atoms with Gasteiger partial charge in [-0.25, -0.2) is 9.66 Å². The molecule has 0 unspecified atom stereocenters. The Balaban J connectivity index is 1.51. The number of fused-ring (bicyclic) bond motifs is 1. The van der Waals surface area contributed by atoms with Crippen molar-refractivity contribution in [1.82, 2.24) is 9.66 Å². The maximum atomic E-state index is 12.9. The fourth-order valence-corrected chi connectivity index (χ4v) is 4.33. The molecule has 3 heterocycles. The molecule has 142 valence electrons. The van der Waals surface area contributed by atoms with E-state index in [1.807, 2.05) is 22.9 Å². The average molecular weight is 413 g/mol. The summed E-state index contributed by atoms with van der Waals surface area (Å²) in [5.74, 6) is 0.752. The highest BCUT2D eigenvalue weighted by molar-refractivity contribution is 7.18. The van der Waals surface area contributed by atoms with Gasteiger partial charge in [-0.05, 0) is 35.7 Å². The quantitative estimate of drug-likeness (QED) is 0.524. The number of carbonyl (C=O) groups excluding carboxylic acids is 1. The largest absolute Gasteiger partial charge is 0.497 e. The molecule has 0 aliphatic rings. The lowest BCUT2D eigenvalue weighted by molar-refractivity contribution is -0.119. The molecule has 28 heavy (non-hydrogen) atoms. The fourth-order valence-electron chi connectivity index (χ4n) is 2.61. The number of nitrogens with zero attached hydrogens (tertiary/aromatic N) is 2. The number of rotatable bonds is 6. The number of hydrogen-bond donors (Lipinski definition) is 1. The van der Waals surface area contributed by atoms with E-state index in [1.165, 1.54) is 17.7 Å². The van der Waals surface area contributed by atoms with Gasteiger partial charge in [0.2, 0.25) is 0 Å². The van der Waals surface area contributed by atoms with Crippen LogP contribution in [0.3, 0.4) is 0 Å². The van der Waals surface area contributed by atoms with Crippen LogP contribution in [0.4, 0.5) is 0 Å². The molecule has 1 N–H and O–H groups in total. The Labute approximate surface area is 167 Å². The maximum Gasteiger partial charge on any atom is 0.281 e. The van der Waals surface area contributed by atoms with Gasteiger partial charge in [0.05, 0.1) is 12.5 Å². The van der Waals surface area contributed by atoms with Crippen molar-refractivity contribution >= 4 is 38.8 Å². The summed E-state index contributed by atoms with van der Waals surface area (Å²) >= 11 is 2.95.